The number of carbonyl (C=O) groups is 2. The number of hydroxylamine groups is 3. The van der Waals surface area contributed by atoms with Gasteiger partial charge in [0, 0.05) is 38.7 Å². The van der Waals surface area contributed by atoms with E-state index in [1.807, 2.05) is 0 Å². The highest BCUT2D eigenvalue weighted by molar-refractivity contribution is 5.69. The van der Waals surface area contributed by atoms with Gasteiger partial charge >= 0.3 is 11.9 Å². The summed E-state index contributed by atoms with van der Waals surface area (Å²) >= 11 is 0. The molecule has 1 unspecified atom stereocenters. The van der Waals surface area contributed by atoms with Crippen molar-refractivity contribution < 1.29 is 28.9 Å². The van der Waals surface area contributed by atoms with Crippen LogP contribution in [0.5, 0.6) is 0 Å². The third-order valence-electron chi connectivity index (χ3n) is 10.8. The van der Waals surface area contributed by atoms with Crippen molar-refractivity contribution in [2.75, 3.05) is 26.3 Å². The summed E-state index contributed by atoms with van der Waals surface area (Å²) in [5.41, 5.74) is 0. The second-order valence-electron chi connectivity index (χ2n) is 15.7. The van der Waals surface area contributed by atoms with Gasteiger partial charge in [0.25, 0.3) is 0 Å². The highest BCUT2D eigenvalue weighted by atomic mass is 16.7. The molecular weight excluding hydrogens is 634 g/mol. The Balaban J connectivity index is 5.28. The molecule has 0 aromatic carbocycles. The molecule has 0 amide bonds. The molecule has 0 fully saturated rings. The van der Waals surface area contributed by atoms with Crippen LogP contribution in [0.1, 0.15) is 246 Å². The van der Waals surface area contributed by atoms with E-state index in [2.05, 4.69) is 27.7 Å². The van der Waals surface area contributed by atoms with Crippen LogP contribution in [0.2, 0.25) is 0 Å². The van der Waals surface area contributed by atoms with Crippen molar-refractivity contribution in [3.63, 3.8) is 0 Å². The standard InChI is InChI=1S/C45H90NO5/c1-5-9-13-17-20-27-33-42-50-44(48)37-30-25-21-26-32-39-46(40-34-41-47,51-45(49)38-31-22-16-12-8-4)43(35-28-23-18-14-10-6-2)36-29-24-19-15-11-7-3/h43,47H,5-42H2,1-4H3/q+1. The number of esters is 1. The third-order valence-corrected chi connectivity index (χ3v) is 10.8. The summed E-state index contributed by atoms with van der Waals surface area (Å²) in [7, 11) is 0. The predicted octanol–water partition coefficient (Wildman–Crippen LogP) is 13.5. The summed E-state index contributed by atoms with van der Waals surface area (Å²) in [6.07, 6.45) is 38.4. The number of nitrogens with zero attached hydrogens (tertiary/aromatic N) is 1. The van der Waals surface area contributed by atoms with Gasteiger partial charge in [-0.15, -0.1) is 4.65 Å². The quantitative estimate of drug-likeness (QED) is 0.0294. The summed E-state index contributed by atoms with van der Waals surface area (Å²) in [6, 6.07) is 0.295. The molecule has 6 heteroatoms. The third kappa shape index (κ3) is 31.0. The van der Waals surface area contributed by atoms with Crippen LogP contribution in [-0.4, -0.2) is 54.0 Å². The highest BCUT2D eigenvalue weighted by Crippen LogP contribution is 2.29. The molecule has 0 aromatic heterocycles. The lowest BCUT2D eigenvalue weighted by Crippen LogP contribution is -2.57. The highest BCUT2D eigenvalue weighted by Gasteiger charge is 2.40. The molecule has 1 N–H and O–H groups in total. The minimum atomic E-state index is -0.0468. The van der Waals surface area contributed by atoms with E-state index in [0.717, 1.165) is 77.2 Å². The van der Waals surface area contributed by atoms with Crippen LogP contribution in [0.25, 0.3) is 0 Å². The molecule has 304 valence electrons. The summed E-state index contributed by atoms with van der Waals surface area (Å²) < 4.78 is 5.90. The number of rotatable bonds is 41. The van der Waals surface area contributed by atoms with E-state index < -0.39 is 0 Å². The molecule has 0 aliphatic carbocycles. The van der Waals surface area contributed by atoms with Crippen LogP contribution < -0.4 is 0 Å². The van der Waals surface area contributed by atoms with E-state index >= 15 is 0 Å². The first-order chi connectivity index (χ1) is 25.0. The molecule has 0 saturated heterocycles. The lowest BCUT2D eigenvalue weighted by molar-refractivity contribution is -1.11. The molecule has 1 atom stereocenters. The molecule has 6 nitrogen and oxygen atoms in total. The van der Waals surface area contributed by atoms with Crippen molar-refractivity contribution in [1.82, 2.24) is 0 Å². The van der Waals surface area contributed by atoms with E-state index in [1.54, 1.807) is 0 Å². The molecule has 0 radical (unpaired) electrons. The number of aliphatic hydroxyl groups excluding tert-OH is 1. The summed E-state index contributed by atoms with van der Waals surface area (Å²) in [5, 5.41) is 10.0. The fourth-order valence-electron chi connectivity index (χ4n) is 7.53. The zero-order valence-electron chi connectivity index (χ0n) is 35.0. The Morgan fingerprint density at radius 2 is 0.824 bits per heavy atom. The number of unbranched alkanes of at least 4 members (excludes halogenated alkanes) is 24. The number of hydrogen-bond acceptors (Lipinski definition) is 5. The molecule has 0 aliphatic rings. The Kier molecular flexibility index (Phi) is 37.7. The topological polar surface area (TPSA) is 72.8 Å². The monoisotopic (exact) mass is 725 g/mol. The maximum Gasteiger partial charge on any atom is 0.366 e. The Bertz CT molecular complexity index is 730. The second kappa shape index (κ2) is 38.6. The minimum absolute atomic E-state index is 0.0460. The molecule has 51 heavy (non-hydrogen) atoms. The van der Waals surface area contributed by atoms with Crippen LogP contribution in [0.15, 0.2) is 0 Å². The Hall–Kier alpha value is -1.14. The zero-order chi connectivity index (χ0) is 37.5. The van der Waals surface area contributed by atoms with Gasteiger partial charge in [-0.25, -0.2) is 4.79 Å². The van der Waals surface area contributed by atoms with Crippen molar-refractivity contribution in [3.05, 3.63) is 0 Å². The lowest BCUT2D eigenvalue weighted by Gasteiger charge is -2.41. The van der Waals surface area contributed by atoms with Crippen LogP contribution in [0.3, 0.4) is 0 Å². The van der Waals surface area contributed by atoms with E-state index in [9.17, 15) is 14.7 Å². The molecule has 0 aromatic rings. The van der Waals surface area contributed by atoms with Crippen molar-refractivity contribution in [2.24, 2.45) is 0 Å². The fourth-order valence-corrected chi connectivity index (χ4v) is 7.53. The second-order valence-corrected chi connectivity index (χ2v) is 15.7. The van der Waals surface area contributed by atoms with Gasteiger partial charge in [0.2, 0.25) is 0 Å². The summed E-state index contributed by atoms with van der Waals surface area (Å²) in [6.45, 7) is 11.2. The SMILES string of the molecule is CCCCCCCCCOC(=O)CCCCCCC[N+](CCCO)(OC(=O)CCCCCCC)C(CCCCCCCC)CCCCCCCC. The molecule has 0 rings (SSSR count). The van der Waals surface area contributed by atoms with Gasteiger partial charge in [-0.05, 0) is 38.5 Å². The van der Waals surface area contributed by atoms with E-state index in [4.69, 9.17) is 9.57 Å². The number of hydrogen-bond donors (Lipinski definition) is 1. The zero-order valence-corrected chi connectivity index (χ0v) is 35.0. The van der Waals surface area contributed by atoms with Gasteiger partial charge in [0.15, 0.2) is 0 Å². The van der Waals surface area contributed by atoms with E-state index in [-0.39, 0.29) is 18.5 Å². The largest absolute Gasteiger partial charge is 0.466 e. The van der Waals surface area contributed by atoms with E-state index in [1.165, 1.54) is 128 Å². The smallest absolute Gasteiger partial charge is 0.366 e. The van der Waals surface area contributed by atoms with Gasteiger partial charge < -0.3 is 9.84 Å². The fraction of sp³-hybridized carbons (Fsp3) is 0.956. The summed E-state index contributed by atoms with van der Waals surface area (Å²) in [5.74, 6) is -0.0927. The molecule has 0 heterocycles. The Labute approximate surface area is 318 Å². The first-order valence-electron chi connectivity index (χ1n) is 22.8. The normalized spacial score (nSPS) is 12.7. The van der Waals surface area contributed by atoms with Gasteiger partial charge in [-0.3, -0.25) is 9.63 Å². The molecule has 0 saturated carbocycles. The van der Waals surface area contributed by atoms with Crippen molar-refractivity contribution in [1.29, 1.82) is 0 Å². The predicted molar refractivity (Wildman–Crippen MR) is 218 cm³/mol. The molecule has 0 aliphatic heterocycles. The van der Waals surface area contributed by atoms with Gasteiger partial charge in [-0.2, -0.15) is 0 Å². The average Bonchev–Trinajstić information content (AvgIpc) is 3.13. The van der Waals surface area contributed by atoms with Crippen molar-refractivity contribution >= 4 is 11.9 Å². The maximum atomic E-state index is 13.5. The Morgan fingerprint density at radius 1 is 0.451 bits per heavy atom. The first-order valence-corrected chi connectivity index (χ1v) is 22.8. The van der Waals surface area contributed by atoms with Crippen LogP contribution in [0.4, 0.5) is 0 Å². The average molecular weight is 725 g/mol. The first kappa shape index (κ1) is 49.9. The molecular formula is C45H90NO5+. The summed E-state index contributed by atoms with van der Waals surface area (Å²) in [4.78, 5) is 32.4. The van der Waals surface area contributed by atoms with Gasteiger partial charge in [0.1, 0.15) is 19.1 Å². The van der Waals surface area contributed by atoms with Crippen molar-refractivity contribution in [3.8, 4) is 0 Å². The van der Waals surface area contributed by atoms with Crippen molar-refractivity contribution in [2.45, 2.75) is 252 Å². The Morgan fingerprint density at radius 3 is 1.29 bits per heavy atom. The van der Waals surface area contributed by atoms with Crippen LogP contribution in [-0.2, 0) is 19.2 Å². The number of carbonyl (C=O) groups excluding carboxylic acids is 2. The lowest BCUT2D eigenvalue weighted by atomic mass is 9.97. The minimum Gasteiger partial charge on any atom is -0.466 e. The number of quaternary nitrogens is 1. The van der Waals surface area contributed by atoms with Gasteiger partial charge in [0.05, 0.1) is 13.0 Å². The van der Waals surface area contributed by atoms with Crippen LogP contribution in [0, 0.1) is 0 Å². The number of ether oxygens (including phenoxy) is 1. The molecule has 0 bridgehead atoms. The van der Waals surface area contributed by atoms with Gasteiger partial charge in [-0.1, -0.05) is 169 Å². The molecule has 0 spiro atoms. The number of aliphatic hydroxyl groups is 1. The maximum absolute atomic E-state index is 13.5. The van der Waals surface area contributed by atoms with Crippen LogP contribution >= 0.6 is 0 Å². The van der Waals surface area contributed by atoms with E-state index in [0.29, 0.717) is 43.1 Å².